The first-order chi connectivity index (χ1) is 10.7. The van der Waals surface area contributed by atoms with E-state index in [0.29, 0.717) is 5.56 Å². The zero-order valence-corrected chi connectivity index (χ0v) is 12.3. The number of Topliss-reactive ketones (excluding diaryl/α,β-unsaturated/α-hetero) is 1. The van der Waals surface area contributed by atoms with Crippen molar-refractivity contribution in [1.29, 1.82) is 0 Å². The quantitative estimate of drug-likeness (QED) is 0.412. The van der Waals surface area contributed by atoms with E-state index < -0.39 is 0 Å². The summed E-state index contributed by atoms with van der Waals surface area (Å²) in [5.74, 6) is -0.392. The van der Waals surface area contributed by atoms with Crippen LogP contribution in [0.3, 0.4) is 0 Å². The molecule has 0 amide bonds. The summed E-state index contributed by atoms with van der Waals surface area (Å²) in [5.41, 5.74) is 0.692. The number of carbonyl (C=O) groups excluding carboxylic acids is 2. The van der Waals surface area contributed by atoms with E-state index >= 15 is 0 Å². The second-order valence-electron chi connectivity index (χ2n) is 5.19. The van der Waals surface area contributed by atoms with Crippen LogP contribution < -0.4 is 0 Å². The number of ether oxygens (including phenoxy) is 1. The standard InChI is InChI=1S/C19H16O3/c1-22-18(21)11-10-17(20)19-15-8-4-2-6-13(15)12-14-7-3-5-9-16(14)19/h2-9,12H,10-11H2,1H3. The van der Waals surface area contributed by atoms with E-state index in [1.165, 1.54) is 7.11 Å². The van der Waals surface area contributed by atoms with Crippen LogP contribution in [-0.2, 0) is 9.53 Å². The van der Waals surface area contributed by atoms with Gasteiger partial charge in [-0.05, 0) is 27.6 Å². The number of esters is 1. The maximum atomic E-state index is 12.7. The SMILES string of the molecule is COC(=O)CCC(=O)c1c2ccccc2cc2ccccc12. The zero-order chi connectivity index (χ0) is 15.5. The van der Waals surface area contributed by atoms with Crippen molar-refractivity contribution >= 4 is 33.3 Å². The lowest BCUT2D eigenvalue weighted by molar-refractivity contribution is -0.140. The Kier molecular flexibility index (Phi) is 3.88. The minimum absolute atomic E-state index is 0.0293. The van der Waals surface area contributed by atoms with Crippen molar-refractivity contribution in [2.45, 2.75) is 12.8 Å². The Morgan fingerprint density at radius 3 is 1.95 bits per heavy atom. The molecule has 0 bridgehead atoms. The fraction of sp³-hybridized carbons (Fsp3) is 0.158. The highest BCUT2D eigenvalue weighted by atomic mass is 16.5. The Hall–Kier alpha value is -2.68. The molecule has 0 atom stereocenters. The van der Waals surface area contributed by atoms with Crippen molar-refractivity contribution in [2.75, 3.05) is 7.11 Å². The van der Waals surface area contributed by atoms with Crippen molar-refractivity contribution < 1.29 is 14.3 Å². The average molecular weight is 292 g/mol. The summed E-state index contributed by atoms with van der Waals surface area (Å²) in [7, 11) is 1.33. The van der Waals surface area contributed by atoms with E-state index in [0.717, 1.165) is 21.5 Å². The van der Waals surface area contributed by atoms with Crippen LogP contribution in [-0.4, -0.2) is 18.9 Å². The minimum Gasteiger partial charge on any atom is -0.469 e. The highest BCUT2D eigenvalue weighted by molar-refractivity contribution is 6.19. The lowest BCUT2D eigenvalue weighted by Crippen LogP contribution is -2.07. The van der Waals surface area contributed by atoms with Crippen LogP contribution in [0, 0.1) is 0 Å². The minimum atomic E-state index is -0.363. The predicted molar refractivity (Wildman–Crippen MR) is 87.0 cm³/mol. The second-order valence-corrected chi connectivity index (χ2v) is 5.19. The van der Waals surface area contributed by atoms with Gasteiger partial charge in [-0.2, -0.15) is 0 Å². The molecule has 22 heavy (non-hydrogen) atoms. The van der Waals surface area contributed by atoms with E-state index in [-0.39, 0.29) is 24.6 Å². The smallest absolute Gasteiger partial charge is 0.305 e. The Labute approximate surface area is 128 Å². The molecule has 110 valence electrons. The fourth-order valence-corrected chi connectivity index (χ4v) is 2.76. The van der Waals surface area contributed by atoms with Gasteiger partial charge in [0.25, 0.3) is 0 Å². The second kappa shape index (κ2) is 5.98. The largest absolute Gasteiger partial charge is 0.469 e. The van der Waals surface area contributed by atoms with Crippen molar-refractivity contribution in [3.63, 3.8) is 0 Å². The van der Waals surface area contributed by atoms with Crippen LogP contribution in [0.1, 0.15) is 23.2 Å². The third-order valence-electron chi connectivity index (χ3n) is 3.83. The lowest BCUT2D eigenvalue weighted by atomic mass is 9.93. The van der Waals surface area contributed by atoms with Gasteiger partial charge in [-0.3, -0.25) is 9.59 Å². The van der Waals surface area contributed by atoms with Gasteiger partial charge in [-0.25, -0.2) is 0 Å². The van der Waals surface area contributed by atoms with Crippen LogP contribution in [0.4, 0.5) is 0 Å². The van der Waals surface area contributed by atoms with Crippen LogP contribution in [0.5, 0.6) is 0 Å². The van der Waals surface area contributed by atoms with E-state index in [1.54, 1.807) is 0 Å². The summed E-state index contributed by atoms with van der Waals surface area (Å²) in [6, 6.07) is 17.8. The Bertz CT molecular complexity index is 811. The summed E-state index contributed by atoms with van der Waals surface area (Å²) in [6.45, 7) is 0. The molecule has 0 saturated carbocycles. The van der Waals surface area contributed by atoms with Gasteiger partial charge in [0.05, 0.1) is 13.5 Å². The van der Waals surface area contributed by atoms with Crippen LogP contribution >= 0.6 is 0 Å². The molecule has 3 nitrogen and oxygen atoms in total. The fourth-order valence-electron chi connectivity index (χ4n) is 2.76. The Morgan fingerprint density at radius 2 is 1.41 bits per heavy atom. The van der Waals surface area contributed by atoms with E-state index in [9.17, 15) is 9.59 Å². The summed E-state index contributed by atoms with van der Waals surface area (Å²) >= 11 is 0. The van der Waals surface area contributed by atoms with Gasteiger partial charge in [-0.1, -0.05) is 48.5 Å². The topological polar surface area (TPSA) is 43.4 Å². The van der Waals surface area contributed by atoms with Crippen LogP contribution in [0.15, 0.2) is 54.6 Å². The molecule has 0 unspecified atom stereocenters. The molecule has 3 rings (SSSR count). The monoisotopic (exact) mass is 292 g/mol. The Balaban J connectivity index is 2.15. The molecule has 0 N–H and O–H groups in total. The van der Waals surface area contributed by atoms with Crippen molar-refractivity contribution in [1.82, 2.24) is 0 Å². The van der Waals surface area contributed by atoms with Gasteiger partial charge in [-0.15, -0.1) is 0 Å². The number of fused-ring (bicyclic) bond motifs is 2. The van der Waals surface area contributed by atoms with Gasteiger partial charge in [0.15, 0.2) is 5.78 Å². The number of carbonyl (C=O) groups is 2. The molecule has 0 aliphatic heterocycles. The third-order valence-corrected chi connectivity index (χ3v) is 3.83. The van der Waals surface area contributed by atoms with Gasteiger partial charge in [0, 0.05) is 12.0 Å². The normalized spacial score (nSPS) is 10.8. The van der Waals surface area contributed by atoms with Gasteiger partial charge < -0.3 is 4.74 Å². The highest BCUT2D eigenvalue weighted by Gasteiger charge is 2.16. The lowest BCUT2D eigenvalue weighted by Gasteiger charge is -2.10. The molecule has 3 aromatic carbocycles. The first-order valence-corrected chi connectivity index (χ1v) is 7.21. The number of hydrogen-bond donors (Lipinski definition) is 0. The summed E-state index contributed by atoms with van der Waals surface area (Å²) < 4.78 is 4.62. The third kappa shape index (κ3) is 2.58. The molecule has 3 heteroatoms. The molecule has 0 aromatic heterocycles. The molecule has 0 spiro atoms. The first kappa shape index (κ1) is 14.3. The summed E-state index contributed by atoms with van der Waals surface area (Å²) in [5, 5.41) is 3.91. The molecule has 0 aliphatic carbocycles. The first-order valence-electron chi connectivity index (χ1n) is 7.21. The maximum Gasteiger partial charge on any atom is 0.305 e. The van der Waals surface area contributed by atoms with Crippen molar-refractivity contribution in [2.24, 2.45) is 0 Å². The van der Waals surface area contributed by atoms with E-state index in [1.807, 2.05) is 48.5 Å². The van der Waals surface area contributed by atoms with Gasteiger partial charge >= 0.3 is 5.97 Å². The molecule has 0 heterocycles. The summed E-state index contributed by atoms with van der Waals surface area (Å²) in [6.07, 6.45) is 0.261. The number of rotatable bonds is 4. The van der Waals surface area contributed by atoms with Crippen LogP contribution in [0.25, 0.3) is 21.5 Å². The van der Waals surface area contributed by atoms with E-state index in [2.05, 4.69) is 10.8 Å². The maximum absolute atomic E-state index is 12.7. The molecule has 3 aromatic rings. The highest BCUT2D eigenvalue weighted by Crippen LogP contribution is 2.29. The number of methoxy groups -OCH3 is 1. The molecule has 0 fully saturated rings. The summed E-state index contributed by atoms with van der Waals surface area (Å²) in [4.78, 5) is 24.0. The Morgan fingerprint density at radius 1 is 0.864 bits per heavy atom. The van der Waals surface area contributed by atoms with E-state index in [4.69, 9.17) is 0 Å². The number of hydrogen-bond acceptors (Lipinski definition) is 3. The predicted octanol–water partition coefficient (Wildman–Crippen LogP) is 4.13. The van der Waals surface area contributed by atoms with Gasteiger partial charge in [0.1, 0.15) is 0 Å². The van der Waals surface area contributed by atoms with Crippen molar-refractivity contribution in [3.05, 3.63) is 60.2 Å². The molecular weight excluding hydrogens is 276 g/mol. The molecule has 0 aliphatic rings. The molecular formula is C19H16O3. The van der Waals surface area contributed by atoms with Crippen molar-refractivity contribution in [3.8, 4) is 0 Å². The molecule has 0 radical (unpaired) electrons. The van der Waals surface area contributed by atoms with Gasteiger partial charge in [0.2, 0.25) is 0 Å². The average Bonchev–Trinajstić information content (AvgIpc) is 2.57. The molecule has 0 saturated heterocycles. The zero-order valence-electron chi connectivity index (χ0n) is 12.3. The van der Waals surface area contributed by atoms with Crippen LogP contribution in [0.2, 0.25) is 0 Å². The number of benzene rings is 3. The number of ketones is 1.